The fourth-order valence-corrected chi connectivity index (χ4v) is 4.03. The highest BCUT2D eigenvalue weighted by Crippen LogP contribution is 2.31. The molecule has 19 heavy (non-hydrogen) atoms. The monoisotopic (exact) mass is 298 g/mol. The summed E-state index contributed by atoms with van der Waals surface area (Å²) in [5.41, 5.74) is 6.38. The van der Waals surface area contributed by atoms with Gasteiger partial charge in [0, 0.05) is 12.1 Å². The van der Waals surface area contributed by atoms with Crippen LogP contribution in [-0.4, -0.2) is 33.9 Å². The first-order valence-electron chi connectivity index (χ1n) is 6.64. The third-order valence-electron chi connectivity index (χ3n) is 3.41. The number of nitrogens with two attached hydrogens (primary N) is 1. The number of rotatable bonds is 4. The number of aromatic nitrogens is 1. The Hall–Kier alpha value is -0.950. The van der Waals surface area contributed by atoms with Gasteiger partial charge in [0.25, 0.3) is 5.91 Å². The highest BCUT2D eigenvalue weighted by molar-refractivity contribution is 7.99. The van der Waals surface area contributed by atoms with Crippen LogP contribution in [0.25, 0.3) is 0 Å². The lowest BCUT2D eigenvalue weighted by Crippen LogP contribution is -2.29. The Morgan fingerprint density at radius 1 is 1.21 bits per heavy atom. The third-order valence-corrected chi connectivity index (χ3v) is 5.26. The van der Waals surface area contributed by atoms with Gasteiger partial charge >= 0.3 is 0 Å². The van der Waals surface area contributed by atoms with Gasteiger partial charge in [-0.1, -0.05) is 0 Å². The zero-order chi connectivity index (χ0) is 13.2. The summed E-state index contributed by atoms with van der Waals surface area (Å²) >= 11 is 3.28. The van der Waals surface area contributed by atoms with Gasteiger partial charge in [0.15, 0.2) is 5.82 Å². The molecule has 1 saturated carbocycles. The predicted molar refractivity (Wildman–Crippen MR) is 81.0 cm³/mol. The van der Waals surface area contributed by atoms with Gasteiger partial charge in [0.05, 0.1) is 0 Å². The highest BCUT2D eigenvalue weighted by Gasteiger charge is 2.28. The van der Waals surface area contributed by atoms with E-state index in [-0.39, 0.29) is 5.91 Å². The van der Waals surface area contributed by atoms with E-state index in [0.29, 0.717) is 23.5 Å². The van der Waals surface area contributed by atoms with Gasteiger partial charge in [0.1, 0.15) is 10.6 Å². The number of anilines is 2. The molecule has 3 rings (SSSR count). The number of nitrogen functional groups attached to an aromatic ring is 1. The standard InChI is InChI=1S/C12H18N4OS2/c13-10-9(11(17)14-7-1-2-7)12(19-16-10)15-8-3-5-18-6-4-8/h7-8,15H,1-6H2,(H2,13,16)(H,14,17). The lowest BCUT2D eigenvalue weighted by molar-refractivity contribution is 0.0953. The zero-order valence-electron chi connectivity index (χ0n) is 10.6. The van der Waals surface area contributed by atoms with Crippen molar-refractivity contribution in [3.05, 3.63) is 5.56 Å². The third kappa shape index (κ3) is 3.14. The smallest absolute Gasteiger partial charge is 0.258 e. The Labute approximate surface area is 120 Å². The van der Waals surface area contributed by atoms with Crippen molar-refractivity contribution in [3.63, 3.8) is 0 Å². The van der Waals surface area contributed by atoms with Crippen LogP contribution in [0.1, 0.15) is 36.0 Å². The number of hydrogen-bond acceptors (Lipinski definition) is 6. The average molecular weight is 298 g/mol. The molecular weight excluding hydrogens is 280 g/mol. The maximum absolute atomic E-state index is 12.2. The molecule has 0 bridgehead atoms. The van der Waals surface area contributed by atoms with E-state index in [4.69, 9.17) is 5.73 Å². The molecule has 1 saturated heterocycles. The van der Waals surface area contributed by atoms with E-state index in [1.165, 1.54) is 23.0 Å². The number of nitrogens with one attached hydrogen (secondary N) is 2. The van der Waals surface area contributed by atoms with Crippen LogP contribution in [0.3, 0.4) is 0 Å². The highest BCUT2D eigenvalue weighted by atomic mass is 32.2. The van der Waals surface area contributed by atoms with E-state index in [2.05, 4.69) is 15.0 Å². The number of hydrogen-bond donors (Lipinski definition) is 3. The SMILES string of the molecule is Nc1nsc(NC2CCSCC2)c1C(=O)NC1CC1. The molecule has 0 atom stereocenters. The first-order valence-corrected chi connectivity index (χ1v) is 8.57. The average Bonchev–Trinajstić information content (AvgIpc) is 3.14. The lowest BCUT2D eigenvalue weighted by Gasteiger charge is -2.23. The molecule has 5 nitrogen and oxygen atoms in total. The van der Waals surface area contributed by atoms with Crippen LogP contribution in [0.5, 0.6) is 0 Å². The van der Waals surface area contributed by atoms with Crippen molar-refractivity contribution in [1.82, 2.24) is 9.69 Å². The molecule has 1 aromatic heterocycles. The van der Waals surface area contributed by atoms with Crippen LogP contribution < -0.4 is 16.4 Å². The van der Waals surface area contributed by atoms with Gasteiger partial charge in [-0.05, 0) is 48.7 Å². The van der Waals surface area contributed by atoms with E-state index in [1.807, 2.05) is 11.8 Å². The Bertz CT molecular complexity index is 466. The topological polar surface area (TPSA) is 80.0 Å². The summed E-state index contributed by atoms with van der Waals surface area (Å²) in [7, 11) is 0. The van der Waals surface area contributed by atoms with Crippen molar-refractivity contribution in [1.29, 1.82) is 0 Å². The van der Waals surface area contributed by atoms with Crippen LogP contribution in [-0.2, 0) is 0 Å². The van der Waals surface area contributed by atoms with Crippen LogP contribution >= 0.6 is 23.3 Å². The lowest BCUT2D eigenvalue weighted by atomic mass is 10.1. The second kappa shape index (κ2) is 5.58. The molecule has 1 aliphatic carbocycles. The largest absolute Gasteiger partial charge is 0.382 e. The van der Waals surface area contributed by atoms with Crippen molar-refractivity contribution in [2.45, 2.75) is 37.8 Å². The second-order valence-corrected chi connectivity index (χ2v) is 7.05. The summed E-state index contributed by atoms with van der Waals surface area (Å²) in [5, 5.41) is 7.25. The van der Waals surface area contributed by atoms with Gasteiger partial charge < -0.3 is 16.4 Å². The van der Waals surface area contributed by atoms with Crippen LogP contribution in [0.2, 0.25) is 0 Å². The molecule has 1 aliphatic heterocycles. The molecule has 2 aliphatic rings. The predicted octanol–water partition coefficient (Wildman–Crippen LogP) is 1.92. The maximum Gasteiger partial charge on any atom is 0.258 e. The number of carbonyl (C=O) groups is 1. The fraction of sp³-hybridized carbons (Fsp3) is 0.667. The summed E-state index contributed by atoms with van der Waals surface area (Å²) in [6.07, 6.45) is 4.41. The summed E-state index contributed by atoms with van der Waals surface area (Å²) < 4.78 is 4.12. The van der Waals surface area contributed by atoms with Crippen molar-refractivity contribution < 1.29 is 4.79 Å². The quantitative estimate of drug-likeness (QED) is 0.791. The van der Waals surface area contributed by atoms with Crippen molar-refractivity contribution in [3.8, 4) is 0 Å². The molecule has 0 radical (unpaired) electrons. The van der Waals surface area contributed by atoms with Crippen LogP contribution in [0, 0.1) is 0 Å². The number of nitrogens with zero attached hydrogens (tertiary/aromatic N) is 1. The Balaban J connectivity index is 1.71. The van der Waals surface area contributed by atoms with E-state index in [9.17, 15) is 4.79 Å². The Morgan fingerprint density at radius 3 is 2.63 bits per heavy atom. The molecule has 1 aromatic rings. The van der Waals surface area contributed by atoms with Gasteiger partial charge in [-0.2, -0.15) is 16.1 Å². The molecule has 2 heterocycles. The number of carbonyl (C=O) groups excluding carboxylic acids is 1. The van der Waals surface area contributed by atoms with E-state index in [1.54, 1.807) is 0 Å². The van der Waals surface area contributed by atoms with Crippen LogP contribution in [0.4, 0.5) is 10.8 Å². The van der Waals surface area contributed by atoms with E-state index in [0.717, 1.165) is 30.7 Å². The molecule has 0 unspecified atom stereocenters. The fourth-order valence-electron chi connectivity index (χ4n) is 2.13. The normalized spacial score (nSPS) is 20.2. The van der Waals surface area contributed by atoms with Crippen molar-refractivity contribution >= 4 is 40.0 Å². The van der Waals surface area contributed by atoms with E-state index < -0.39 is 0 Å². The van der Waals surface area contributed by atoms with Crippen molar-refractivity contribution in [2.75, 3.05) is 22.6 Å². The summed E-state index contributed by atoms with van der Waals surface area (Å²) in [6, 6.07) is 0.777. The van der Waals surface area contributed by atoms with Crippen LogP contribution in [0.15, 0.2) is 0 Å². The second-order valence-electron chi connectivity index (χ2n) is 5.05. The number of thioether (sulfide) groups is 1. The molecule has 0 spiro atoms. The Kier molecular flexibility index (Phi) is 3.83. The summed E-state index contributed by atoms with van der Waals surface area (Å²) in [5.74, 6) is 2.61. The Morgan fingerprint density at radius 2 is 1.95 bits per heavy atom. The molecule has 4 N–H and O–H groups in total. The van der Waals surface area contributed by atoms with Gasteiger partial charge in [0.2, 0.25) is 0 Å². The minimum absolute atomic E-state index is 0.0820. The molecule has 2 fully saturated rings. The van der Waals surface area contributed by atoms with Gasteiger partial charge in [-0.3, -0.25) is 4.79 Å². The first-order chi connectivity index (χ1) is 9.24. The molecule has 1 amide bonds. The summed E-state index contributed by atoms with van der Waals surface area (Å²) in [6.45, 7) is 0. The minimum atomic E-state index is -0.0820. The van der Waals surface area contributed by atoms with Gasteiger partial charge in [-0.15, -0.1) is 0 Å². The zero-order valence-corrected chi connectivity index (χ0v) is 12.3. The first kappa shape index (κ1) is 13.1. The van der Waals surface area contributed by atoms with Gasteiger partial charge in [-0.25, -0.2) is 0 Å². The molecule has 104 valence electrons. The maximum atomic E-state index is 12.2. The summed E-state index contributed by atoms with van der Waals surface area (Å²) in [4.78, 5) is 12.2. The molecule has 7 heteroatoms. The van der Waals surface area contributed by atoms with E-state index >= 15 is 0 Å². The molecular formula is C12H18N4OS2. The molecule has 0 aromatic carbocycles. The van der Waals surface area contributed by atoms with Crippen molar-refractivity contribution in [2.24, 2.45) is 0 Å². The minimum Gasteiger partial charge on any atom is -0.382 e. The number of amides is 1.